The zero-order chi connectivity index (χ0) is 29.4. The number of carbonyl (C=O) groups is 1. The number of rotatable bonds is 7. The molecule has 3 heterocycles. The van der Waals surface area contributed by atoms with Crippen LogP contribution in [0.4, 0.5) is 19.0 Å². The number of benzene rings is 2. The molecule has 41 heavy (non-hydrogen) atoms. The predicted molar refractivity (Wildman–Crippen MR) is 149 cm³/mol. The van der Waals surface area contributed by atoms with E-state index in [2.05, 4.69) is 4.98 Å². The minimum absolute atomic E-state index is 0.0195. The Kier molecular flexibility index (Phi) is 7.64. The first-order chi connectivity index (χ1) is 19.4. The lowest BCUT2D eigenvalue weighted by Crippen LogP contribution is -2.40. The highest BCUT2D eigenvalue weighted by Gasteiger charge is 2.39. The molecule has 0 saturated carbocycles. The monoisotopic (exact) mass is 587 g/mol. The van der Waals surface area contributed by atoms with Gasteiger partial charge < -0.3 is 15.0 Å². The van der Waals surface area contributed by atoms with Crippen molar-refractivity contribution < 1.29 is 31.1 Å². The number of nitrogens with zero attached hydrogens (tertiary/aromatic N) is 4. The summed E-state index contributed by atoms with van der Waals surface area (Å²) in [6.45, 7) is 2.48. The van der Waals surface area contributed by atoms with Crippen molar-refractivity contribution in [3.05, 3.63) is 71.9 Å². The molecule has 1 amide bonds. The summed E-state index contributed by atoms with van der Waals surface area (Å²) in [4.78, 5) is 17.9. The molecule has 1 fully saturated rings. The molecule has 9 nitrogen and oxygen atoms in total. The zero-order valence-corrected chi connectivity index (χ0v) is 23.2. The van der Waals surface area contributed by atoms with Crippen LogP contribution in [0, 0.1) is 0 Å². The summed E-state index contributed by atoms with van der Waals surface area (Å²) in [5.74, 6) is -0.619. The summed E-state index contributed by atoms with van der Waals surface area (Å²) in [6.07, 6.45) is -3.30. The average molecular weight is 588 g/mol. The maximum absolute atomic E-state index is 12.7. The van der Waals surface area contributed by atoms with Gasteiger partial charge in [0.05, 0.1) is 36.6 Å². The number of nitrogens with one attached hydrogen (secondary N) is 1. The lowest BCUT2D eigenvalue weighted by atomic mass is 9.99. The second kappa shape index (κ2) is 11.0. The summed E-state index contributed by atoms with van der Waals surface area (Å²) >= 11 is 0. The van der Waals surface area contributed by atoms with Crippen molar-refractivity contribution in [3.8, 4) is 16.9 Å². The molecule has 1 aliphatic rings. The minimum Gasteiger partial charge on any atom is -0.497 e. The largest absolute Gasteiger partial charge is 0.497 e. The molecule has 1 N–H and O–H groups in total. The highest BCUT2D eigenvalue weighted by molar-refractivity contribution is 7.91. The number of methoxy groups -OCH3 is 1. The third-order valence-electron chi connectivity index (χ3n) is 7.08. The van der Waals surface area contributed by atoms with E-state index in [0.717, 1.165) is 27.8 Å². The second-order valence-electron chi connectivity index (χ2n) is 9.84. The van der Waals surface area contributed by atoms with E-state index in [1.165, 1.54) is 6.92 Å². The number of halogens is 3. The number of hydrogen-bond acceptors (Lipinski definition) is 7. The van der Waals surface area contributed by atoms with Gasteiger partial charge in [0, 0.05) is 19.3 Å². The SMILES string of the molecule is COc1ccc(Cn2nc(N3CCS(=O)(=O)CC3)c3c(-c4ccc(C(C)NC(=O)C(F)(F)F)cc4)ccnc32)cc1. The number of sulfone groups is 1. The molecule has 4 aromatic rings. The maximum atomic E-state index is 12.7. The molecule has 13 heteroatoms. The zero-order valence-electron chi connectivity index (χ0n) is 22.4. The molecule has 0 bridgehead atoms. The molecule has 1 aliphatic heterocycles. The Morgan fingerprint density at radius 3 is 2.32 bits per heavy atom. The van der Waals surface area contributed by atoms with Gasteiger partial charge in [-0.1, -0.05) is 36.4 Å². The first kappa shape index (κ1) is 28.4. The van der Waals surface area contributed by atoms with Crippen LogP contribution in [0.15, 0.2) is 60.8 Å². The number of aromatic nitrogens is 3. The van der Waals surface area contributed by atoms with Gasteiger partial charge in [0.1, 0.15) is 5.75 Å². The molecule has 5 rings (SSSR count). The number of alkyl halides is 3. The van der Waals surface area contributed by atoms with Crippen molar-refractivity contribution in [1.82, 2.24) is 20.1 Å². The molecule has 1 saturated heterocycles. The molecular formula is C28H28F3N5O4S. The highest BCUT2D eigenvalue weighted by Crippen LogP contribution is 2.36. The van der Waals surface area contributed by atoms with E-state index >= 15 is 0 Å². The Hall–Kier alpha value is -4.13. The van der Waals surface area contributed by atoms with E-state index in [1.54, 1.807) is 42.3 Å². The standard InChI is InChI=1S/C28H28F3N5O4S/c1-18(33-27(37)28(29,30)31)20-5-7-21(8-6-20)23-11-12-32-25-24(23)26(35-13-15-41(38,39)16-14-35)34-36(25)17-19-3-9-22(40-2)10-4-19/h3-12,18H,13-17H2,1-2H3,(H,33,37). The topological polar surface area (TPSA) is 106 Å². The van der Waals surface area contributed by atoms with Crippen molar-refractivity contribution in [2.45, 2.75) is 25.7 Å². The molecule has 2 aromatic heterocycles. The lowest BCUT2D eigenvalue weighted by molar-refractivity contribution is -0.174. The third-order valence-corrected chi connectivity index (χ3v) is 8.69. The third kappa shape index (κ3) is 6.14. The Morgan fingerprint density at radius 2 is 1.71 bits per heavy atom. The van der Waals surface area contributed by atoms with Gasteiger partial charge in [-0.25, -0.2) is 18.1 Å². The smallest absolute Gasteiger partial charge is 0.471 e. The van der Waals surface area contributed by atoms with Gasteiger partial charge in [-0.2, -0.15) is 18.3 Å². The van der Waals surface area contributed by atoms with E-state index in [0.29, 0.717) is 36.7 Å². The van der Waals surface area contributed by atoms with Crippen LogP contribution in [0.25, 0.3) is 22.2 Å². The number of ether oxygens (including phenoxy) is 1. The first-order valence-corrected chi connectivity index (χ1v) is 14.7. The van der Waals surface area contributed by atoms with Crippen LogP contribution in [0.3, 0.4) is 0 Å². The van der Waals surface area contributed by atoms with Crippen LogP contribution in [0.1, 0.15) is 24.1 Å². The molecule has 0 radical (unpaired) electrons. The van der Waals surface area contributed by atoms with E-state index in [-0.39, 0.29) is 11.5 Å². The summed E-state index contributed by atoms with van der Waals surface area (Å²) < 4.78 is 69.4. The van der Waals surface area contributed by atoms with Crippen molar-refractivity contribution >= 4 is 32.6 Å². The van der Waals surface area contributed by atoms with Crippen molar-refractivity contribution in [1.29, 1.82) is 0 Å². The van der Waals surface area contributed by atoms with Gasteiger partial charge in [0.25, 0.3) is 0 Å². The Balaban J connectivity index is 1.53. The highest BCUT2D eigenvalue weighted by atomic mass is 32.2. The summed E-state index contributed by atoms with van der Waals surface area (Å²) in [5, 5.41) is 7.59. The molecule has 216 valence electrons. The van der Waals surface area contributed by atoms with Crippen molar-refractivity contribution in [3.63, 3.8) is 0 Å². The van der Waals surface area contributed by atoms with Crippen LogP contribution < -0.4 is 15.0 Å². The van der Waals surface area contributed by atoms with Crippen LogP contribution in [0.5, 0.6) is 5.75 Å². The van der Waals surface area contributed by atoms with E-state index in [1.807, 2.05) is 40.5 Å². The maximum Gasteiger partial charge on any atom is 0.471 e. The molecular weight excluding hydrogens is 559 g/mol. The van der Waals surface area contributed by atoms with Gasteiger partial charge >= 0.3 is 12.1 Å². The Bertz CT molecular complexity index is 1660. The van der Waals surface area contributed by atoms with Crippen molar-refractivity contribution in [2.24, 2.45) is 0 Å². The molecule has 2 aromatic carbocycles. The normalized spacial score (nSPS) is 16.0. The summed E-state index contributed by atoms with van der Waals surface area (Å²) in [7, 11) is -1.53. The first-order valence-electron chi connectivity index (χ1n) is 12.9. The van der Waals surface area contributed by atoms with Crippen LogP contribution in [0.2, 0.25) is 0 Å². The lowest BCUT2D eigenvalue weighted by Gasteiger charge is -2.27. The van der Waals surface area contributed by atoms with Gasteiger partial charge in [-0.3, -0.25) is 4.79 Å². The fraction of sp³-hybridized carbons (Fsp3) is 0.321. The van der Waals surface area contributed by atoms with Crippen molar-refractivity contribution in [2.75, 3.05) is 36.6 Å². The van der Waals surface area contributed by atoms with Crippen LogP contribution in [-0.2, 0) is 21.2 Å². The van der Waals surface area contributed by atoms with Gasteiger partial charge in [0.2, 0.25) is 0 Å². The molecule has 0 spiro atoms. The summed E-state index contributed by atoms with van der Waals surface area (Å²) in [6, 6.07) is 15.4. The van der Waals surface area contributed by atoms with Gasteiger partial charge in [0.15, 0.2) is 21.3 Å². The predicted octanol–water partition coefficient (Wildman–Crippen LogP) is 4.13. The van der Waals surface area contributed by atoms with E-state index in [9.17, 15) is 26.4 Å². The molecule has 1 unspecified atom stereocenters. The summed E-state index contributed by atoms with van der Waals surface area (Å²) in [5.41, 5.74) is 3.64. The van der Waals surface area contributed by atoms with E-state index < -0.39 is 28.0 Å². The van der Waals surface area contributed by atoms with Gasteiger partial charge in [-0.05, 0) is 47.4 Å². The van der Waals surface area contributed by atoms with Gasteiger partial charge in [-0.15, -0.1) is 0 Å². The van der Waals surface area contributed by atoms with Crippen LogP contribution >= 0.6 is 0 Å². The Labute approximate surface area is 234 Å². The number of hydrogen-bond donors (Lipinski definition) is 1. The minimum atomic E-state index is -4.97. The number of carbonyl (C=O) groups excluding carboxylic acids is 1. The van der Waals surface area contributed by atoms with Crippen LogP contribution in [-0.4, -0.2) is 67.0 Å². The molecule has 0 aliphatic carbocycles. The quantitative estimate of drug-likeness (QED) is 0.347. The fourth-order valence-electron chi connectivity index (χ4n) is 4.79. The number of anilines is 1. The second-order valence-corrected chi connectivity index (χ2v) is 12.1. The number of fused-ring (bicyclic) bond motifs is 1. The number of amides is 1. The van der Waals surface area contributed by atoms with E-state index in [4.69, 9.17) is 9.84 Å². The average Bonchev–Trinajstić information content (AvgIpc) is 3.31. The fourth-order valence-corrected chi connectivity index (χ4v) is 5.99. The Morgan fingerprint density at radius 1 is 1.05 bits per heavy atom. The molecule has 1 atom stereocenters. The number of pyridine rings is 1.